The lowest BCUT2D eigenvalue weighted by Gasteiger charge is -2.28. The van der Waals surface area contributed by atoms with Crippen LogP contribution >= 0.6 is 22.7 Å². The summed E-state index contributed by atoms with van der Waals surface area (Å²) in [7, 11) is 0. The van der Waals surface area contributed by atoms with E-state index in [1.807, 2.05) is 60.1 Å². The van der Waals surface area contributed by atoms with Crippen LogP contribution in [0.4, 0.5) is 5.69 Å². The third kappa shape index (κ3) is 5.05. The minimum atomic E-state index is -0.553. The molecule has 0 saturated heterocycles. The van der Waals surface area contributed by atoms with Gasteiger partial charge in [0.15, 0.2) is 0 Å². The highest BCUT2D eigenvalue weighted by atomic mass is 32.1. The first-order valence-electron chi connectivity index (χ1n) is 9.22. The van der Waals surface area contributed by atoms with Gasteiger partial charge in [0.05, 0.1) is 17.0 Å². The van der Waals surface area contributed by atoms with Crippen molar-refractivity contribution in [2.45, 2.75) is 32.7 Å². The molecule has 3 aromatic rings. The van der Waals surface area contributed by atoms with Crippen LogP contribution in [0.3, 0.4) is 0 Å². The zero-order valence-corrected chi connectivity index (χ0v) is 17.6. The zero-order chi connectivity index (χ0) is 19.9. The Kier molecular flexibility index (Phi) is 6.95. The SMILES string of the molecule is CCCN(C(=O)Cc1csc(-c2cccs2)n1)C(C)C(=O)Nc1ccccc1. The van der Waals surface area contributed by atoms with Gasteiger partial charge in [0.1, 0.15) is 11.0 Å². The molecule has 0 fully saturated rings. The summed E-state index contributed by atoms with van der Waals surface area (Å²) in [6, 6.07) is 12.7. The van der Waals surface area contributed by atoms with Crippen LogP contribution in [0.1, 0.15) is 26.0 Å². The van der Waals surface area contributed by atoms with Gasteiger partial charge >= 0.3 is 0 Å². The number of anilines is 1. The summed E-state index contributed by atoms with van der Waals surface area (Å²) in [5.74, 6) is -0.272. The van der Waals surface area contributed by atoms with E-state index in [0.717, 1.165) is 27.7 Å². The monoisotopic (exact) mass is 413 g/mol. The molecular weight excluding hydrogens is 390 g/mol. The van der Waals surface area contributed by atoms with Crippen molar-refractivity contribution < 1.29 is 9.59 Å². The van der Waals surface area contributed by atoms with Gasteiger partial charge in [0.25, 0.3) is 0 Å². The number of rotatable bonds is 8. The van der Waals surface area contributed by atoms with Gasteiger partial charge < -0.3 is 10.2 Å². The number of para-hydroxylation sites is 1. The number of aromatic nitrogens is 1. The summed E-state index contributed by atoms with van der Waals surface area (Å²) in [5, 5.41) is 7.74. The highest BCUT2D eigenvalue weighted by Gasteiger charge is 2.26. The molecule has 28 heavy (non-hydrogen) atoms. The molecule has 0 aliphatic rings. The molecule has 7 heteroatoms. The van der Waals surface area contributed by atoms with Crippen molar-refractivity contribution in [3.8, 4) is 9.88 Å². The Hall–Kier alpha value is -2.51. The second-order valence-electron chi connectivity index (χ2n) is 6.42. The zero-order valence-electron chi connectivity index (χ0n) is 15.9. The van der Waals surface area contributed by atoms with Gasteiger partial charge in [-0.1, -0.05) is 31.2 Å². The topological polar surface area (TPSA) is 62.3 Å². The molecule has 2 amide bonds. The van der Waals surface area contributed by atoms with E-state index in [9.17, 15) is 9.59 Å². The average Bonchev–Trinajstić information content (AvgIpc) is 3.38. The second kappa shape index (κ2) is 9.61. The highest BCUT2D eigenvalue weighted by molar-refractivity contribution is 7.20. The van der Waals surface area contributed by atoms with Gasteiger partial charge in [-0.2, -0.15) is 0 Å². The summed E-state index contributed by atoms with van der Waals surface area (Å²) in [5.41, 5.74) is 1.47. The summed E-state index contributed by atoms with van der Waals surface area (Å²) in [6.07, 6.45) is 0.983. The van der Waals surface area contributed by atoms with E-state index in [1.165, 1.54) is 0 Å². The van der Waals surface area contributed by atoms with Gasteiger partial charge in [-0.3, -0.25) is 9.59 Å². The van der Waals surface area contributed by atoms with Crippen LogP contribution in [0.2, 0.25) is 0 Å². The second-order valence-corrected chi connectivity index (χ2v) is 8.22. The van der Waals surface area contributed by atoms with Crippen molar-refractivity contribution in [1.82, 2.24) is 9.88 Å². The quantitative estimate of drug-likeness (QED) is 0.583. The number of thiazole rings is 1. The van der Waals surface area contributed by atoms with Gasteiger partial charge in [-0.15, -0.1) is 22.7 Å². The Balaban J connectivity index is 1.66. The maximum absolute atomic E-state index is 12.9. The van der Waals surface area contributed by atoms with Crippen molar-refractivity contribution in [2.75, 3.05) is 11.9 Å². The Morgan fingerprint density at radius 2 is 1.93 bits per heavy atom. The number of hydrogen-bond donors (Lipinski definition) is 1. The Labute approximate surface area is 173 Å². The molecule has 146 valence electrons. The molecule has 0 aliphatic carbocycles. The normalized spacial score (nSPS) is 11.8. The largest absolute Gasteiger partial charge is 0.331 e. The maximum atomic E-state index is 12.9. The fourth-order valence-corrected chi connectivity index (χ4v) is 4.48. The van der Waals surface area contributed by atoms with Crippen molar-refractivity contribution in [1.29, 1.82) is 0 Å². The van der Waals surface area contributed by atoms with Crippen molar-refractivity contribution in [3.05, 3.63) is 58.9 Å². The van der Waals surface area contributed by atoms with Crippen LogP contribution in [-0.2, 0) is 16.0 Å². The lowest BCUT2D eigenvalue weighted by molar-refractivity contribution is -0.137. The van der Waals surface area contributed by atoms with Crippen LogP contribution in [0.5, 0.6) is 0 Å². The molecule has 1 atom stereocenters. The van der Waals surface area contributed by atoms with Crippen molar-refractivity contribution in [3.63, 3.8) is 0 Å². The Bertz CT molecular complexity index is 907. The number of nitrogens with zero attached hydrogens (tertiary/aromatic N) is 2. The number of carbonyl (C=O) groups is 2. The molecule has 0 bridgehead atoms. The van der Waals surface area contributed by atoms with E-state index >= 15 is 0 Å². The fraction of sp³-hybridized carbons (Fsp3) is 0.286. The number of carbonyl (C=O) groups excluding carboxylic acids is 2. The predicted octanol–water partition coefficient (Wildman–Crippen LogP) is 4.68. The number of hydrogen-bond acceptors (Lipinski definition) is 5. The minimum Gasteiger partial charge on any atom is -0.331 e. The van der Waals surface area contributed by atoms with E-state index in [4.69, 9.17) is 0 Å². The number of amides is 2. The summed E-state index contributed by atoms with van der Waals surface area (Å²) in [4.78, 5) is 32.9. The average molecular weight is 414 g/mol. The smallest absolute Gasteiger partial charge is 0.246 e. The van der Waals surface area contributed by atoms with E-state index < -0.39 is 6.04 Å². The first kappa shape index (κ1) is 20.2. The Morgan fingerprint density at radius 1 is 1.14 bits per heavy atom. The van der Waals surface area contributed by atoms with Gasteiger partial charge in [-0.25, -0.2) is 4.98 Å². The summed E-state index contributed by atoms with van der Waals surface area (Å²) < 4.78 is 0. The number of nitrogens with one attached hydrogen (secondary N) is 1. The molecule has 1 aromatic carbocycles. The van der Waals surface area contributed by atoms with Gasteiger partial charge in [0.2, 0.25) is 11.8 Å². The van der Waals surface area contributed by atoms with Crippen molar-refractivity contribution in [2.24, 2.45) is 0 Å². The molecule has 2 heterocycles. The van der Waals surface area contributed by atoms with Crippen LogP contribution in [0.25, 0.3) is 9.88 Å². The molecule has 3 rings (SSSR count). The molecule has 0 spiro atoms. The van der Waals surface area contributed by atoms with E-state index in [1.54, 1.807) is 34.5 Å². The molecule has 1 N–H and O–H groups in total. The first-order chi connectivity index (χ1) is 13.6. The number of benzene rings is 1. The maximum Gasteiger partial charge on any atom is 0.246 e. The molecule has 2 aromatic heterocycles. The molecule has 0 radical (unpaired) electrons. The highest BCUT2D eigenvalue weighted by Crippen LogP contribution is 2.28. The minimum absolute atomic E-state index is 0.0828. The molecule has 0 aliphatic heterocycles. The lowest BCUT2D eigenvalue weighted by Crippen LogP contribution is -2.46. The standard InChI is InChI=1S/C21H23N3O2S2/c1-3-11-24(15(2)20(26)22-16-8-5-4-6-9-16)19(25)13-17-14-28-21(23-17)18-10-7-12-27-18/h4-10,12,14-15H,3,11,13H2,1-2H3,(H,22,26). The van der Waals surface area contributed by atoms with Gasteiger partial charge in [-0.05, 0) is 36.9 Å². The third-order valence-corrected chi connectivity index (χ3v) is 6.22. The summed E-state index contributed by atoms with van der Waals surface area (Å²) >= 11 is 3.17. The molecule has 1 unspecified atom stereocenters. The van der Waals surface area contributed by atoms with E-state index in [-0.39, 0.29) is 18.2 Å². The predicted molar refractivity (Wildman–Crippen MR) is 116 cm³/mol. The lowest BCUT2D eigenvalue weighted by atomic mass is 10.2. The van der Waals surface area contributed by atoms with Crippen LogP contribution < -0.4 is 5.32 Å². The van der Waals surface area contributed by atoms with E-state index in [0.29, 0.717) is 6.54 Å². The van der Waals surface area contributed by atoms with E-state index in [2.05, 4.69) is 10.3 Å². The first-order valence-corrected chi connectivity index (χ1v) is 11.0. The van der Waals surface area contributed by atoms with Crippen LogP contribution in [0.15, 0.2) is 53.2 Å². The van der Waals surface area contributed by atoms with Crippen molar-refractivity contribution >= 4 is 40.2 Å². The van der Waals surface area contributed by atoms with Crippen LogP contribution in [-0.4, -0.2) is 34.3 Å². The molecule has 5 nitrogen and oxygen atoms in total. The van der Waals surface area contributed by atoms with Crippen LogP contribution in [0, 0.1) is 0 Å². The third-order valence-electron chi connectivity index (χ3n) is 4.29. The number of thiophene rings is 1. The fourth-order valence-electron chi connectivity index (χ4n) is 2.84. The summed E-state index contributed by atoms with van der Waals surface area (Å²) in [6.45, 7) is 4.30. The van der Waals surface area contributed by atoms with Gasteiger partial charge in [0, 0.05) is 17.6 Å². The molecular formula is C21H23N3O2S2. The Morgan fingerprint density at radius 3 is 2.61 bits per heavy atom. The molecule has 0 saturated carbocycles.